The van der Waals surface area contributed by atoms with E-state index in [1.54, 1.807) is 0 Å². The van der Waals surface area contributed by atoms with Crippen molar-refractivity contribution in [2.75, 3.05) is 13.1 Å². The SMILES string of the molecule is C[C@@H]1CCC[C@H]1NC(=O)NCCNC(=O)Cc1ccccc1. The van der Waals surface area contributed by atoms with Crippen molar-refractivity contribution in [3.8, 4) is 0 Å². The summed E-state index contributed by atoms with van der Waals surface area (Å²) in [6.07, 6.45) is 3.79. The number of rotatable bonds is 6. The number of carbonyl (C=O) groups is 2. The lowest BCUT2D eigenvalue weighted by Crippen LogP contribution is -2.45. The molecule has 0 heterocycles. The molecule has 3 amide bonds. The van der Waals surface area contributed by atoms with Crippen LogP contribution in [-0.2, 0) is 11.2 Å². The fourth-order valence-electron chi connectivity index (χ4n) is 2.80. The molecule has 0 bridgehead atoms. The predicted octanol–water partition coefficient (Wildman–Crippen LogP) is 1.83. The lowest BCUT2D eigenvalue weighted by molar-refractivity contribution is -0.120. The molecule has 22 heavy (non-hydrogen) atoms. The van der Waals surface area contributed by atoms with Gasteiger partial charge < -0.3 is 16.0 Å². The van der Waals surface area contributed by atoms with Crippen LogP contribution < -0.4 is 16.0 Å². The van der Waals surface area contributed by atoms with E-state index in [4.69, 9.17) is 0 Å². The Hall–Kier alpha value is -2.04. The van der Waals surface area contributed by atoms with Gasteiger partial charge in [0.2, 0.25) is 5.91 Å². The van der Waals surface area contributed by atoms with Crippen LogP contribution in [0.2, 0.25) is 0 Å². The molecule has 0 saturated heterocycles. The number of nitrogens with one attached hydrogen (secondary N) is 3. The molecule has 0 aliphatic heterocycles. The van der Waals surface area contributed by atoms with Crippen LogP contribution in [0.3, 0.4) is 0 Å². The Morgan fingerprint density at radius 2 is 1.82 bits per heavy atom. The molecule has 1 aromatic carbocycles. The molecule has 1 aliphatic rings. The number of urea groups is 1. The van der Waals surface area contributed by atoms with Gasteiger partial charge in [-0.25, -0.2) is 4.79 Å². The second-order valence-electron chi connectivity index (χ2n) is 5.93. The lowest BCUT2D eigenvalue weighted by Gasteiger charge is -2.17. The van der Waals surface area contributed by atoms with Crippen LogP contribution in [0.15, 0.2) is 30.3 Å². The largest absolute Gasteiger partial charge is 0.354 e. The van der Waals surface area contributed by atoms with E-state index in [1.807, 2.05) is 30.3 Å². The highest BCUT2D eigenvalue weighted by molar-refractivity contribution is 5.78. The third-order valence-corrected chi connectivity index (χ3v) is 4.12. The van der Waals surface area contributed by atoms with Crippen LogP contribution in [0, 0.1) is 5.92 Å². The molecule has 1 saturated carbocycles. The molecule has 1 fully saturated rings. The summed E-state index contributed by atoms with van der Waals surface area (Å²) in [5, 5.41) is 8.59. The Morgan fingerprint density at radius 3 is 2.50 bits per heavy atom. The summed E-state index contributed by atoms with van der Waals surface area (Å²) in [5.74, 6) is 0.522. The van der Waals surface area contributed by atoms with Crippen LogP contribution in [0.4, 0.5) is 4.79 Å². The van der Waals surface area contributed by atoms with E-state index in [2.05, 4.69) is 22.9 Å². The van der Waals surface area contributed by atoms with Crippen molar-refractivity contribution in [3.05, 3.63) is 35.9 Å². The molecule has 3 N–H and O–H groups in total. The average Bonchev–Trinajstić information content (AvgIpc) is 2.90. The zero-order valence-electron chi connectivity index (χ0n) is 13.1. The fourth-order valence-corrected chi connectivity index (χ4v) is 2.80. The van der Waals surface area contributed by atoms with Gasteiger partial charge in [-0.2, -0.15) is 0 Å². The van der Waals surface area contributed by atoms with E-state index in [1.165, 1.54) is 12.8 Å². The van der Waals surface area contributed by atoms with Gasteiger partial charge in [-0.15, -0.1) is 0 Å². The van der Waals surface area contributed by atoms with Crippen molar-refractivity contribution in [3.63, 3.8) is 0 Å². The third-order valence-electron chi connectivity index (χ3n) is 4.12. The number of hydrogen-bond acceptors (Lipinski definition) is 2. The average molecular weight is 303 g/mol. The maximum atomic E-state index is 11.7. The van der Waals surface area contributed by atoms with E-state index in [-0.39, 0.29) is 18.0 Å². The van der Waals surface area contributed by atoms with E-state index < -0.39 is 0 Å². The van der Waals surface area contributed by atoms with Crippen molar-refractivity contribution >= 4 is 11.9 Å². The van der Waals surface area contributed by atoms with Crippen molar-refractivity contribution in [2.24, 2.45) is 5.92 Å². The second kappa shape index (κ2) is 8.41. The molecular formula is C17H25N3O2. The summed E-state index contributed by atoms with van der Waals surface area (Å²) in [5.41, 5.74) is 0.987. The smallest absolute Gasteiger partial charge is 0.315 e. The van der Waals surface area contributed by atoms with Gasteiger partial charge in [0.25, 0.3) is 0 Å². The van der Waals surface area contributed by atoms with E-state index in [0.717, 1.165) is 12.0 Å². The number of carbonyl (C=O) groups excluding carboxylic acids is 2. The normalized spacial score (nSPS) is 20.4. The van der Waals surface area contributed by atoms with E-state index in [0.29, 0.717) is 25.4 Å². The van der Waals surface area contributed by atoms with Crippen molar-refractivity contribution in [2.45, 2.75) is 38.6 Å². The van der Waals surface area contributed by atoms with Gasteiger partial charge in [0.15, 0.2) is 0 Å². The van der Waals surface area contributed by atoms with Crippen molar-refractivity contribution < 1.29 is 9.59 Å². The van der Waals surface area contributed by atoms with Gasteiger partial charge in [-0.3, -0.25) is 4.79 Å². The summed E-state index contributed by atoms with van der Waals surface area (Å²) in [7, 11) is 0. The molecule has 1 aliphatic carbocycles. The fraction of sp³-hybridized carbons (Fsp3) is 0.529. The molecule has 120 valence electrons. The minimum absolute atomic E-state index is 0.0298. The number of benzene rings is 1. The highest BCUT2D eigenvalue weighted by Crippen LogP contribution is 2.24. The molecule has 2 atom stereocenters. The zero-order chi connectivity index (χ0) is 15.8. The van der Waals surface area contributed by atoms with Gasteiger partial charge in [0.1, 0.15) is 0 Å². The van der Waals surface area contributed by atoms with Crippen LogP contribution in [0.1, 0.15) is 31.7 Å². The number of amides is 3. The minimum atomic E-state index is -0.143. The first-order valence-corrected chi connectivity index (χ1v) is 8.00. The molecule has 5 heteroatoms. The highest BCUT2D eigenvalue weighted by Gasteiger charge is 2.24. The van der Waals surface area contributed by atoms with Crippen LogP contribution in [0.25, 0.3) is 0 Å². The maximum absolute atomic E-state index is 11.7. The molecule has 5 nitrogen and oxygen atoms in total. The molecule has 0 radical (unpaired) electrons. The van der Waals surface area contributed by atoms with Crippen LogP contribution in [0.5, 0.6) is 0 Å². The van der Waals surface area contributed by atoms with Gasteiger partial charge >= 0.3 is 6.03 Å². The Balaban J connectivity index is 1.56. The van der Waals surface area contributed by atoms with E-state index in [9.17, 15) is 9.59 Å². The van der Waals surface area contributed by atoms with Gasteiger partial charge in [0.05, 0.1) is 6.42 Å². The summed E-state index contributed by atoms with van der Waals surface area (Å²) in [6.45, 7) is 3.05. The predicted molar refractivity (Wildman–Crippen MR) is 86.5 cm³/mol. The Kier molecular flexibility index (Phi) is 6.25. The summed E-state index contributed by atoms with van der Waals surface area (Å²) in [4.78, 5) is 23.5. The monoisotopic (exact) mass is 303 g/mol. The molecule has 1 aromatic rings. The molecular weight excluding hydrogens is 278 g/mol. The zero-order valence-corrected chi connectivity index (χ0v) is 13.1. The topological polar surface area (TPSA) is 70.2 Å². The molecule has 0 spiro atoms. The first-order valence-electron chi connectivity index (χ1n) is 8.00. The Labute approximate surface area is 131 Å². The highest BCUT2D eigenvalue weighted by atomic mass is 16.2. The van der Waals surface area contributed by atoms with Gasteiger partial charge in [-0.1, -0.05) is 43.7 Å². The second-order valence-corrected chi connectivity index (χ2v) is 5.93. The number of hydrogen-bond donors (Lipinski definition) is 3. The standard InChI is InChI=1S/C17H25N3O2/c1-13-6-5-9-15(13)20-17(22)19-11-10-18-16(21)12-14-7-3-2-4-8-14/h2-4,7-8,13,15H,5-6,9-12H2,1H3,(H,18,21)(H2,19,20,22)/t13-,15-/m1/s1. The van der Waals surface area contributed by atoms with E-state index >= 15 is 0 Å². The van der Waals surface area contributed by atoms with Crippen LogP contribution >= 0.6 is 0 Å². The van der Waals surface area contributed by atoms with Gasteiger partial charge in [0, 0.05) is 19.1 Å². The molecule has 2 rings (SSSR count). The molecule has 0 aromatic heterocycles. The summed E-state index contributed by atoms with van der Waals surface area (Å²) in [6, 6.07) is 9.75. The minimum Gasteiger partial charge on any atom is -0.354 e. The van der Waals surface area contributed by atoms with Crippen molar-refractivity contribution in [1.82, 2.24) is 16.0 Å². The Morgan fingerprint density at radius 1 is 1.09 bits per heavy atom. The van der Waals surface area contributed by atoms with Crippen LogP contribution in [-0.4, -0.2) is 31.1 Å². The first-order chi connectivity index (χ1) is 10.6. The maximum Gasteiger partial charge on any atom is 0.315 e. The Bertz CT molecular complexity index is 490. The van der Waals surface area contributed by atoms with Crippen molar-refractivity contribution in [1.29, 1.82) is 0 Å². The third kappa shape index (κ3) is 5.39. The first kappa shape index (κ1) is 16.3. The quantitative estimate of drug-likeness (QED) is 0.702. The lowest BCUT2D eigenvalue weighted by atomic mass is 10.1. The van der Waals surface area contributed by atoms with Gasteiger partial charge in [-0.05, 0) is 24.3 Å². The summed E-state index contributed by atoms with van der Waals surface area (Å²) < 4.78 is 0. The molecule has 0 unspecified atom stereocenters. The summed E-state index contributed by atoms with van der Waals surface area (Å²) >= 11 is 0.